The van der Waals surface area contributed by atoms with Gasteiger partial charge in [-0.25, -0.2) is 0 Å². The van der Waals surface area contributed by atoms with Gasteiger partial charge in [-0.2, -0.15) is 8.42 Å². The quantitative estimate of drug-likeness (QED) is 0.607. The maximum atomic E-state index is 12.1. The molecule has 0 aliphatic carbocycles. The Morgan fingerprint density at radius 1 is 1.09 bits per heavy atom. The highest BCUT2D eigenvalue weighted by atomic mass is 32.2. The molecule has 2 aromatic rings. The van der Waals surface area contributed by atoms with Gasteiger partial charge in [-0.15, -0.1) is 0 Å². The van der Waals surface area contributed by atoms with Crippen LogP contribution >= 0.6 is 0 Å². The molecule has 1 aliphatic rings. The lowest BCUT2D eigenvalue weighted by Crippen LogP contribution is -2.14. The normalized spacial score (nSPS) is 20.8. The van der Waals surface area contributed by atoms with E-state index in [0.29, 0.717) is 0 Å². The van der Waals surface area contributed by atoms with Gasteiger partial charge in [0.2, 0.25) is 0 Å². The second-order valence-electron chi connectivity index (χ2n) is 5.62. The first-order valence-electron chi connectivity index (χ1n) is 7.29. The van der Waals surface area contributed by atoms with Gasteiger partial charge in [0.05, 0.1) is 11.5 Å². The summed E-state index contributed by atoms with van der Waals surface area (Å²) in [5.74, 6) is 0. The SMILES string of the molecule is Cc1ccc(S(=O)(=O)OCC2CN2Cc2ccccc2)cc1. The second kappa shape index (κ2) is 6.20. The van der Waals surface area contributed by atoms with Crippen LogP contribution < -0.4 is 0 Å². The van der Waals surface area contributed by atoms with E-state index in [1.807, 2.05) is 25.1 Å². The minimum atomic E-state index is -3.66. The molecule has 2 unspecified atom stereocenters. The third-order valence-electron chi connectivity index (χ3n) is 3.78. The Labute approximate surface area is 131 Å². The fourth-order valence-electron chi connectivity index (χ4n) is 2.33. The van der Waals surface area contributed by atoms with Crippen LogP contribution in [-0.2, 0) is 20.8 Å². The minimum absolute atomic E-state index is 0.181. The molecular formula is C17H19NO3S. The molecule has 0 amide bonds. The van der Waals surface area contributed by atoms with Crippen molar-refractivity contribution < 1.29 is 12.6 Å². The van der Waals surface area contributed by atoms with Crippen LogP contribution in [0.1, 0.15) is 11.1 Å². The van der Waals surface area contributed by atoms with Crippen molar-refractivity contribution in [1.29, 1.82) is 0 Å². The van der Waals surface area contributed by atoms with Gasteiger partial charge in [0.1, 0.15) is 0 Å². The third kappa shape index (κ3) is 3.74. The highest BCUT2D eigenvalue weighted by Gasteiger charge is 2.35. The molecule has 1 heterocycles. The minimum Gasteiger partial charge on any atom is -0.291 e. The number of nitrogens with zero attached hydrogens (tertiary/aromatic N) is 1. The molecule has 0 aromatic heterocycles. The topological polar surface area (TPSA) is 46.4 Å². The molecule has 0 spiro atoms. The van der Waals surface area contributed by atoms with E-state index in [-0.39, 0.29) is 17.5 Å². The third-order valence-corrected chi connectivity index (χ3v) is 5.08. The molecule has 0 saturated carbocycles. The molecular weight excluding hydrogens is 298 g/mol. The van der Waals surface area contributed by atoms with E-state index >= 15 is 0 Å². The van der Waals surface area contributed by atoms with Crippen molar-refractivity contribution in [3.63, 3.8) is 0 Å². The van der Waals surface area contributed by atoms with Crippen molar-refractivity contribution in [3.8, 4) is 0 Å². The highest BCUT2D eigenvalue weighted by Crippen LogP contribution is 2.23. The van der Waals surface area contributed by atoms with Gasteiger partial charge in [0.25, 0.3) is 10.1 Å². The first kappa shape index (κ1) is 15.2. The summed E-state index contributed by atoms with van der Waals surface area (Å²) in [6.45, 7) is 3.84. The summed E-state index contributed by atoms with van der Waals surface area (Å²) >= 11 is 0. The van der Waals surface area contributed by atoms with Crippen LogP contribution in [-0.4, -0.2) is 32.5 Å². The average Bonchev–Trinajstić information content (AvgIpc) is 3.25. The lowest BCUT2D eigenvalue weighted by molar-refractivity contribution is 0.295. The van der Waals surface area contributed by atoms with E-state index in [9.17, 15) is 8.42 Å². The summed E-state index contributed by atoms with van der Waals surface area (Å²) in [6.07, 6.45) is 0. The average molecular weight is 317 g/mol. The van der Waals surface area contributed by atoms with Gasteiger partial charge in [0.15, 0.2) is 0 Å². The Kier molecular flexibility index (Phi) is 4.29. The molecule has 0 N–H and O–H groups in total. The smallest absolute Gasteiger partial charge is 0.291 e. The van der Waals surface area contributed by atoms with Crippen molar-refractivity contribution in [2.24, 2.45) is 0 Å². The number of rotatable bonds is 6. The first-order valence-corrected chi connectivity index (χ1v) is 8.69. The standard InChI is InChI=1S/C17H19NO3S/c1-14-7-9-17(10-8-14)22(19,20)21-13-16-12-18(16)11-15-5-3-2-4-6-15/h2-10,16H,11-13H2,1H3. The largest absolute Gasteiger partial charge is 0.297 e. The Morgan fingerprint density at radius 2 is 1.77 bits per heavy atom. The van der Waals surface area contributed by atoms with Gasteiger partial charge in [-0.1, -0.05) is 48.0 Å². The number of aryl methyl sites for hydroxylation is 1. The molecule has 1 aliphatic heterocycles. The van der Waals surface area contributed by atoms with Crippen LogP contribution in [0.5, 0.6) is 0 Å². The van der Waals surface area contributed by atoms with Gasteiger partial charge < -0.3 is 0 Å². The van der Waals surface area contributed by atoms with Crippen LogP contribution in [0.15, 0.2) is 59.5 Å². The zero-order valence-electron chi connectivity index (χ0n) is 12.5. The van der Waals surface area contributed by atoms with Crippen LogP contribution in [0.4, 0.5) is 0 Å². The fraction of sp³-hybridized carbons (Fsp3) is 0.294. The molecule has 116 valence electrons. The molecule has 5 heteroatoms. The van der Waals surface area contributed by atoms with Gasteiger partial charge in [-0.05, 0) is 24.6 Å². The summed E-state index contributed by atoms with van der Waals surface area (Å²) in [6, 6.07) is 17.0. The maximum absolute atomic E-state index is 12.1. The molecule has 3 rings (SSSR count). The second-order valence-corrected chi connectivity index (χ2v) is 7.24. The summed E-state index contributed by atoms with van der Waals surface area (Å²) in [7, 11) is -3.66. The van der Waals surface area contributed by atoms with Gasteiger partial charge in [-0.3, -0.25) is 9.08 Å². The highest BCUT2D eigenvalue weighted by molar-refractivity contribution is 7.86. The zero-order valence-corrected chi connectivity index (χ0v) is 13.3. The Morgan fingerprint density at radius 3 is 2.45 bits per heavy atom. The predicted molar refractivity (Wildman–Crippen MR) is 85.0 cm³/mol. The molecule has 2 atom stereocenters. The van der Waals surface area contributed by atoms with Gasteiger partial charge in [0, 0.05) is 19.1 Å². The fourth-order valence-corrected chi connectivity index (χ4v) is 3.28. The van der Waals surface area contributed by atoms with Gasteiger partial charge >= 0.3 is 0 Å². The maximum Gasteiger partial charge on any atom is 0.297 e. The van der Waals surface area contributed by atoms with Crippen molar-refractivity contribution >= 4 is 10.1 Å². The van der Waals surface area contributed by atoms with E-state index in [1.54, 1.807) is 24.3 Å². The Bertz CT molecular complexity index is 726. The summed E-state index contributed by atoms with van der Waals surface area (Å²) in [5, 5.41) is 0. The number of hydrogen-bond donors (Lipinski definition) is 0. The van der Waals surface area contributed by atoms with Crippen LogP contribution in [0.2, 0.25) is 0 Å². The van der Waals surface area contributed by atoms with Crippen LogP contribution in [0.25, 0.3) is 0 Å². The van der Waals surface area contributed by atoms with Crippen LogP contribution in [0.3, 0.4) is 0 Å². The zero-order chi connectivity index (χ0) is 15.6. The van der Waals surface area contributed by atoms with Crippen molar-refractivity contribution in [1.82, 2.24) is 4.90 Å². The molecule has 0 bridgehead atoms. The van der Waals surface area contributed by atoms with Crippen molar-refractivity contribution in [2.45, 2.75) is 24.4 Å². The molecule has 1 fully saturated rings. The molecule has 2 aromatic carbocycles. The number of hydrogen-bond acceptors (Lipinski definition) is 4. The first-order chi connectivity index (χ1) is 10.5. The predicted octanol–water partition coefficient (Wildman–Crippen LogP) is 2.58. The lowest BCUT2D eigenvalue weighted by atomic mass is 10.2. The summed E-state index contributed by atoms with van der Waals surface area (Å²) in [4.78, 5) is 2.41. The molecule has 0 radical (unpaired) electrons. The Hall–Kier alpha value is -1.69. The summed E-state index contributed by atoms with van der Waals surface area (Å²) < 4.78 is 29.4. The molecule has 4 nitrogen and oxygen atoms in total. The molecule has 1 saturated heterocycles. The lowest BCUT2D eigenvalue weighted by Gasteiger charge is -2.07. The van der Waals surface area contributed by atoms with Crippen molar-refractivity contribution in [3.05, 3.63) is 65.7 Å². The Balaban J connectivity index is 1.52. The number of benzene rings is 2. The van der Waals surface area contributed by atoms with Crippen LogP contribution in [0, 0.1) is 6.92 Å². The van der Waals surface area contributed by atoms with Crippen molar-refractivity contribution in [2.75, 3.05) is 13.2 Å². The van der Waals surface area contributed by atoms with E-state index in [4.69, 9.17) is 4.18 Å². The van der Waals surface area contributed by atoms with E-state index in [0.717, 1.165) is 18.7 Å². The van der Waals surface area contributed by atoms with E-state index in [2.05, 4.69) is 17.0 Å². The summed E-state index contributed by atoms with van der Waals surface area (Å²) in [5.41, 5.74) is 2.25. The van der Waals surface area contributed by atoms with E-state index in [1.165, 1.54) is 5.56 Å². The molecule has 22 heavy (non-hydrogen) atoms. The van der Waals surface area contributed by atoms with E-state index < -0.39 is 10.1 Å². The monoisotopic (exact) mass is 317 g/mol.